The van der Waals surface area contributed by atoms with Crippen LogP contribution in [0.2, 0.25) is 0 Å². The smallest absolute Gasteiger partial charge is 0.241 e. The number of carbonyl (C=O) groups is 1. The van der Waals surface area contributed by atoms with Crippen LogP contribution in [0.1, 0.15) is 13.8 Å². The van der Waals surface area contributed by atoms with Crippen molar-refractivity contribution >= 4 is 21.6 Å². The third-order valence-corrected chi connectivity index (χ3v) is 4.87. The Morgan fingerprint density at radius 2 is 1.82 bits per heavy atom. The fourth-order valence-corrected chi connectivity index (χ4v) is 3.26. The maximum atomic E-state index is 12.0. The van der Waals surface area contributed by atoms with Crippen LogP contribution >= 0.6 is 0 Å². The lowest BCUT2D eigenvalue weighted by atomic mass is 10.3. The van der Waals surface area contributed by atoms with Gasteiger partial charge in [0.25, 0.3) is 0 Å². The summed E-state index contributed by atoms with van der Waals surface area (Å²) in [6, 6.07) is 6.66. The number of benzene rings is 1. The number of nitrogens with one attached hydrogen (secondary N) is 1. The normalized spacial score (nSPS) is 11.5. The lowest BCUT2D eigenvalue weighted by molar-refractivity contribution is -0.113. The number of rotatable bonds is 9. The van der Waals surface area contributed by atoms with Gasteiger partial charge in [0.1, 0.15) is 18.1 Å². The van der Waals surface area contributed by atoms with Gasteiger partial charge in [-0.05, 0) is 24.3 Å². The molecule has 1 aromatic rings. The molecule has 0 bridgehead atoms. The van der Waals surface area contributed by atoms with E-state index in [0.717, 1.165) is 0 Å². The molecule has 1 aromatic carbocycles. The van der Waals surface area contributed by atoms with E-state index in [1.54, 1.807) is 38.1 Å². The van der Waals surface area contributed by atoms with E-state index in [1.807, 2.05) is 0 Å². The first kappa shape index (κ1) is 18.4. The summed E-state index contributed by atoms with van der Waals surface area (Å²) in [6.45, 7) is 4.99. The Kier molecular flexibility index (Phi) is 7.30. The molecule has 0 atom stereocenters. The summed E-state index contributed by atoms with van der Waals surface area (Å²) in [5.74, 6) is -0.498. The molecule has 124 valence electrons. The van der Waals surface area contributed by atoms with Crippen LogP contribution in [0, 0.1) is 0 Å². The quantitative estimate of drug-likeness (QED) is 0.692. The first-order chi connectivity index (χ1) is 10.4. The van der Waals surface area contributed by atoms with Gasteiger partial charge in [-0.1, -0.05) is 13.8 Å². The maximum absolute atomic E-state index is 12.0. The van der Waals surface area contributed by atoms with Gasteiger partial charge in [-0.3, -0.25) is 4.79 Å². The fraction of sp³-hybridized carbons (Fsp3) is 0.500. The third kappa shape index (κ3) is 5.63. The molecule has 0 aromatic heterocycles. The Morgan fingerprint density at radius 1 is 1.23 bits per heavy atom. The minimum absolute atomic E-state index is 0.347. The Morgan fingerprint density at radius 3 is 2.32 bits per heavy atom. The molecule has 3 N–H and O–H groups in total. The molecule has 0 aliphatic rings. The van der Waals surface area contributed by atoms with Crippen molar-refractivity contribution in [1.29, 1.82) is 0 Å². The largest absolute Gasteiger partial charge is 0.492 e. The van der Waals surface area contributed by atoms with Gasteiger partial charge in [0.15, 0.2) is 0 Å². The number of ether oxygens (including phenoxy) is 1. The number of amides is 1. The zero-order valence-electron chi connectivity index (χ0n) is 12.9. The molecule has 0 spiro atoms. The number of sulfonamides is 1. The van der Waals surface area contributed by atoms with Crippen LogP contribution in [0.25, 0.3) is 0 Å². The minimum atomic E-state index is -3.58. The lowest BCUT2D eigenvalue weighted by Crippen LogP contribution is -2.36. The summed E-state index contributed by atoms with van der Waals surface area (Å²) in [4.78, 5) is 11.9. The number of carbonyl (C=O) groups excluding carboxylic acids is 1. The lowest BCUT2D eigenvalue weighted by Gasteiger charge is -2.17. The van der Waals surface area contributed by atoms with Gasteiger partial charge in [0.2, 0.25) is 15.9 Å². The van der Waals surface area contributed by atoms with Gasteiger partial charge < -0.3 is 15.8 Å². The summed E-state index contributed by atoms with van der Waals surface area (Å²) < 4.78 is 30.6. The molecule has 0 saturated carbocycles. The van der Waals surface area contributed by atoms with E-state index in [0.29, 0.717) is 37.7 Å². The van der Waals surface area contributed by atoms with Crippen molar-refractivity contribution in [3.05, 3.63) is 24.3 Å². The second-order valence-electron chi connectivity index (χ2n) is 4.55. The number of nitrogens with two attached hydrogens (primary N) is 1. The molecule has 0 heterocycles. The summed E-state index contributed by atoms with van der Waals surface area (Å²) in [5.41, 5.74) is 5.85. The van der Waals surface area contributed by atoms with Crippen LogP contribution in [0.15, 0.2) is 24.3 Å². The van der Waals surface area contributed by atoms with Crippen LogP contribution in [-0.2, 0) is 14.8 Å². The van der Waals surface area contributed by atoms with Crippen molar-refractivity contribution in [2.45, 2.75) is 13.8 Å². The second kappa shape index (κ2) is 8.72. The summed E-state index contributed by atoms with van der Waals surface area (Å²) in [6.07, 6.45) is 0. The highest BCUT2D eigenvalue weighted by molar-refractivity contribution is 7.89. The molecule has 22 heavy (non-hydrogen) atoms. The molecule has 7 nitrogen and oxygen atoms in total. The molecular weight excluding hydrogens is 306 g/mol. The van der Waals surface area contributed by atoms with E-state index in [1.165, 1.54) is 4.31 Å². The number of hydrogen-bond donors (Lipinski definition) is 2. The molecule has 0 saturated heterocycles. The third-order valence-electron chi connectivity index (χ3n) is 2.94. The van der Waals surface area contributed by atoms with E-state index in [2.05, 4.69) is 5.32 Å². The van der Waals surface area contributed by atoms with Crippen molar-refractivity contribution in [1.82, 2.24) is 4.31 Å². The number of anilines is 1. The van der Waals surface area contributed by atoms with Crippen LogP contribution in [0.4, 0.5) is 5.69 Å². The van der Waals surface area contributed by atoms with E-state index >= 15 is 0 Å². The van der Waals surface area contributed by atoms with Crippen LogP contribution in [0.5, 0.6) is 5.75 Å². The van der Waals surface area contributed by atoms with Gasteiger partial charge in [0.05, 0.1) is 0 Å². The van der Waals surface area contributed by atoms with Crippen molar-refractivity contribution in [3.63, 3.8) is 0 Å². The van der Waals surface area contributed by atoms with Gasteiger partial charge in [-0.2, -0.15) is 0 Å². The summed E-state index contributed by atoms with van der Waals surface area (Å²) in [7, 11) is -3.58. The number of nitrogens with zero attached hydrogens (tertiary/aromatic N) is 1. The molecule has 0 unspecified atom stereocenters. The van der Waals surface area contributed by atoms with E-state index in [9.17, 15) is 13.2 Å². The second-order valence-corrected chi connectivity index (χ2v) is 6.52. The standard InChI is InChI=1S/C14H23N3O4S/c1-3-17(4-2)22(19,20)11-14(18)16-12-5-7-13(8-6-12)21-10-9-15/h5-8H,3-4,9-11,15H2,1-2H3,(H,16,18). The molecule has 1 rings (SSSR count). The molecule has 0 aliphatic heterocycles. The van der Waals surface area contributed by atoms with Gasteiger partial charge in [0, 0.05) is 25.3 Å². The Bertz CT molecular complexity index is 568. The van der Waals surface area contributed by atoms with E-state index in [4.69, 9.17) is 10.5 Å². The fourth-order valence-electron chi connectivity index (χ4n) is 1.88. The van der Waals surface area contributed by atoms with Crippen LogP contribution < -0.4 is 15.8 Å². The molecule has 8 heteroatoms. The van der Waals surface area contributed by atoms with Crippen molar-refractivity contribution in [2.75, 3.05) is 37.3 Å². The summed E-state index contributed by atoms with van der Waals surface area (Å²) in [5, 5.41) is 2.56. The topological polar surface area (TPSA) is 102 Å². The summed E-state index contributed by atoms with van der Waals surface area (Å²) >= 11 is 0. The first-order valence-corrected chi connectivity index (χ1v) is 8.74. The van der Waals surface area contributed by atoms with Crippen LogP contribution in [-0.4, -0.2) is 50.6 Å². The monoisotopic (exact) mass is 329 g/mol. The molecular formula is C14H23N3O4S. The molecule has 0 fully saturated rings. The first-order valence-electron chi connectivity index (χ1n) is 7.13. The Labute approximate surface area is 131 Å². The Balaban J connectivity index is 2.61. The highest BCUT2D eigenvalue weighted by Crippen LogP contribution is 2.15. The van der Waals surface area contributed by atoms with Crippen molar-refractivity contribution in [3.8, 4) is 5.75 Å². The van der Waals surface area contributed by atoms with Crippen molar-refractivity contribution < 1.29 is 17.9 Å². The highest BCUT2D eigenvalue weighted by atomic mass is 32.2. The predicted molar refractivity (Wildman–Crippen MR) is 86.3 cm³/mol. The van der Waals surface area contributed by atoms with Crippen molar-refractivity contribution in [2.24, 2.45) is 5.73 Å². The Hall–Kier alpha value is -1.64. The van der Waals surface area contributed by atoms with E-state index in [-0.39, 0.29) is 0 Å². The van der Waals surface area contributed by atoms with Crippen LogP contribution in [0.3, 0.4) is 0 Å². The minimum Gasteiger partial charge on any atom is -0.492 e. The zero-order chi connectivity index (χ0) is 16.6. The van der Waals surface area contributed by atoms with Gasteiger partial charge in [-0.25, -0.2) is 12.7 Å². The predicted octanol–water partition coefficient (Wildman–Crippen LogP) is 0.634. The molecule has 0 aliphatic carbocycles. The highest BCUT2D eigenvalue weighted by Gasteiger charge is 2.22. The zero-order valence-corrected chi connectivity index (χ0v) is 13.7. The average Bonchev–Trinajstić information content (AvgIpc) is 2.46. The maximum Gasteiger partial charge on any atom is 0.241 e. The SMILES string of the molecule is CCN(CC)S(=O)(=O)CC(=O)Nc1ccc(OCCN)cc1. The van der Waals surface area contributed by atoms with Gasteiger partial charge >= 0.3 is 0 Å². The number of hydrogen-bond acceptors (Lipinski definition) is 5. The average molecular weight is 329 g/mol. The van der Waals surface area contributed by atoms with E-state index < -0.39 is 21.7 Å². The molecule has 1 amide bonds. The van der Waals surface area contributed by atoms with Gasteiger partial charge in [-0.15, -0.1) is 0 Å². The molecule has 0 radical (unpaired) electrons.